The number of rotatable bonds is 5. The Morgan fingerprint density at radius 3 is 1.95 bits per heavy atom. The number of allylic oxidation sites excluding steroid dienone is 5. The lowest BCUT2D eigenvalue weighted by molar-refractivity contribution is 0.673. The summed E-state index contributed by atoms with van der Waals surface area (Å²) < 4.78 is 6.84. The predicted octanol–water partition coefficient (Wildman–Crippen LogP) is 15.9. The molecule has 0 N–H and O–H groups in total. The molecule has 0 fully saturated rings. The minimum Gasteiger partial charge on any atom is -0.455 e. The lowest BCUT2D eigenvalue weighted by Gasteiger charge is -2.33. The number of para-hydroxylation sites is 1. The van der Waals surface area contributed by atoms with E-state index < -0.39 is 5.41 Å². The molecule has 282 valence electrons. The Morgan fingerprint density at radius 2 is 1.15 bits per heavy atom. The van der Waals surface area contributed by atoms with Crippen molar-refractivity contribution in [3.05, 3.63) is 241 Å². The highest BCUT2D eigenvalue weighted by Gasteiger charge is 2.53. The van der Waals surface area contributed by atoms with Crippen molar-refractivity contribution in [1.29, 1.82) is 0 Å². The highest BCUT2D eigenvalue weighted by molar-refractivity contribution is 6.27. The summed E-state index contributed by atoms with van der Waals surface area (Å²) in [5.74, 6) is 0. The molecule has 0 saturated carbocycles. The van der Waals surface area contributed by atoms with Gasteiger partial charge in [0, 0.05) is 38.5 Å². The Morgan fingerprint density at radius 1 is 0.533 bits per heavy atom. The van der Waals surface area contributed by atoms with Crippen LogP contribution in [0.3, 0.4) is 0 Å². The van der Waals surface area contributed by atoms with Crippen molar-refractivity contribution in [2.45, 2.75) is 12.3 Å². The fourth-order valence-corrected chi connectivity index (χ4v) is 10.7. The number of hydrogen-bond acceptors (Lipinski definition) is 2. The number of benzene rings is 9. The average Bonchev–Trinajstić information content (AvgIpc) is 3.93. The Hall–Kier alpha value is -7.68. The first-order valence-electron chi connectivity index (χ1n) is 20.7. The van der Waals surface area contributed by atoms with Crippen molar-refractivity contribution in [1.82, 2.24) is 0 Å². The van der Waals surface area contributed by atoms with Crippen LogP contribution in [0.4, 0.5) is 17.1 Å². The summed E-state index contributed by atoms with van der Waals surface area (Å²) in [6, 6.07) is 68.8. The third-order valence-electron chi connectivity index (χ3n) is 13.0. The van der Waals surface area contributed by atoms with E-state index in [1.165, 1.54) is 55.3 Å². The summed E-state index contributed by atoms with van der Waals surface area (Å²) in [5, 5.41) is 6.80. The molecular formula is C58H39NO. The molecule has 2 aliphatic rings. The smallest absolute Gasteiger partial charge is 0.144 e. The zero-order chi connectivity index (χ0) is 40.0. The van der Waals surface area contributed by atoms with Crippen LogP contribution >= 0.6 is 0 Å². The van der Waals surface area contributed by atoms with Gasteiger partial charge in [-0.2, -0.15) is 0 Å². The molecule has 9 aromatic carbocycles. The van der Waals surface area contributed by atoms with Gasteiger partial charge in [0.25, 0.3) is 0 Å². The standard InChI is InChI=1S/C58H39NO/c1-3-18-42-43-23-12-15-28-50(43)58(49(42)4-2)51-29-16-13-24-44(51)45-34-33-41(36-52(45)58)59(40-32-31-37-19-8-9-22-39(37)35-40)56-46-25-10-11-26-47(46)57-55(48-27-14-17-30-53(48)60-57)54(56)38-20-6-5-7-21-38/h3-36H,1H2,2H3/b42-18-,49-4+. The second kappa shape index (κ2) is 13.2. The lowest BCUT2D eigenvalue weighted by atomic mass is 9.70. The Labute approximate surface area is 349 Å². The highest BCUT2D eigenvalue weighted by atomic mass is 16.3. The number of anilines is 3. The molecule has 10 aromatic rings. The topological polar surface area (TPSA) is 16.4 Å². The van der Waals surface area contributed by atoms with E-state index in [9.17, 15) is 0 Å². The number of hydrogen-bond donors (Lipinski definition) is 0. The molecule has 0 aliphatic heterocycles. The highest BCUT2D eigenvalue weighted by Crippen LogP contribution is 2.64. The zero-order valence-corrected chi connectivity index (χ0v) is 33.2. The van der Waals surface area contributed by atoms with E-state index in [1.54, 1.807) is 0 Å². The molecule has 1 spiro atoms. The van der Waals surface area contributed by atoms with Crippen molar-refractivity contribution < 1.29 is 4.42 Å². The number of nitrogens with zero attached hydrogens (tertiary/aromatic N) is 1. The van der Waals surface area contributed by atoms with E-state index in [4.69, 9.17) is 4.42 Å². The van der Waals surface area contributed by atoms with Crippen LogP contribution in [0.2, 0.25) is 0 Å². The van der Waals surface area contributed by atoms with Gasteiger partial charge in [-0.3, -0.25) is 0 Å². The fourth-order valence-electron chi connectivity index (χ4n) is 10.7. The van der Waals surface area contributed by atoms with E-state index in [0.29, 0.717) is 0 Å². The first-order chi connectivity index (χ1) is 29.7. The van der Waals surface area contributed by atoms with Gasteiger partial charge in [-0.1, -0.05) is 183 Å². The zero-order valence-electron chi connectivity index (χ0n) is 33.2. The maximum atomic E-state index is 6.84. The second-order valence-corrected chi connectivity index (χ2v) is 15.9. The van der Waals surface area contributed by atoms with E-state index >= 15 is 0 Å². The van der Waals surface area contributed by atoms with Crippen LogP contribution in [0.25, 0.3) is 71.3 Å². The molecule has 12 rings (SSSR count). The van der Waals surface area contributed by atoms with Gasteiger partial charge in [0.15, 0.2) is 0 Å². The first-order valence-corrected chi connectivity index (χ1v) is 20.7. The van der Waals surface area contributed by atoms with Gasteiger partial charge in [0.2, 0.25) is 0 Å². The molecule has 1 heterocycles. The van der Waals surface area contributed by atoms with E-state index in [-0.39, 0.29) is 0 Å². The normalized spacial score (nSPS) is 16.6. The third-order valence-corrected chi connectivity index (χ3v) is 13.0. The quantitative estimate of drug-likeness (QED) is 0.173. The van der Waals surface area contributed by atoms with Crippen molar-refractivity contribution in [2.75, 3.05) is 4.90 Å². The van der Waals surface area contributed by atoms with Gasteiger partial charge in [-0.05, 0) is 98.1 Å². The Kier molecular flexibility index (Phi) is 7.55. The summed E-state index contributed by atoms with van der Waals surface area (Å²) in [6.45, 7) is 6.36. The van der Waals surface area contributed by atoms with Gasteiger partial charge < -0.3 is 9.32 Å². The first kappa shape index (κ1) is 34.4. The van der Waals surface area contributed by atoms with Crippen LogP contribution in [0.15, 0.2) is 223 Å². The van der Waals surface area contributed by atoms with Gasteiger partial charge in [0.05, 0.1) is 11.1 Å². The number of fused-ring (bicyclic) bond motifs is 13. The molecule has 2 aliphatic carbocycles. The van der Waals surface area contributed by atoms with Gasteiger partial charge in [-0.15, -0.1) is 0 Å². The van der Waals surface area contributed by atoms with Crippen LogP contribution < -0.4 is 4.90 Å². The molecular weight excluding hydrogens is 727 g/mol. The van der Waals surface area contributed by atoms with Crippen molar-refractivity contribution >= 4 is 66.1 Å². The van der Waals surface area contributed by atoms with E-state index in [1.807, 2.05) is 6.08 Å². The van der Waals surface area contributed by atoms with E-state index in [2.05, 4.69) is 219 Å². The molecule has 0 radical (unpaired) electrons. The summed E-state index contributed by atoms with van der Waals surface area (Å²) in [4.78, 5) is 2.52. The molecule has 60 heavy (non-hydrogen) atoms. The minimum atomic E-state index is -0.522. The summed E-state index contributed by atoms with van der Waals surface area (Å²) in [7, 11) is 0. The van der Waals surface area contributed by atoms with E-state index in [0.717, 1.165) is 60.9 Å². The number of furan rings is 1. The summed E-state index contributed by atoms with van der Waals surface area (Å²) in [6.07, 6.45) is 6.45. The van der Waals surface area contributed by atoms with Crippen molar-refractivity contribution in [3.63, 3.8) is 0 Å². The third kappa shape index (κ3) is 4.65. The molecule has 1 aromatic heterocycles. The van der Waals surface area contributed by atoms with Gasteiger partial charge in [-0.25, -0.2) is 0 Å². The van der Waals surface area contributed by atoms with Crippen LogP contribution in [0, 0.1) is 0 Å². The summed E-state index contributed by atoms with van der Waals surface area (Å²) >= 11 is 0. The van der Waals surface area contributed by atoms with Gasteiger partial charge >= 0.3 is 0 Å². The molecule has 1 atom stereocenters. The molecule has 2 heteroatoms. The SMILES string of the molecule is C=C/C=C1\C(=C/C)C2(c3ccccc31)c1ccccc1-c1ccc(N(c3ccc4ccccc4c3)c3c(-c4ccccc4)c4c5ccccc5oc4c4ccccc34)cc12. The average molecular weight is 766 g/mol. The van der Waals surface area contributed by atoms with Crippen LogP contribution in [-0.2, 0) is 5.41 Å². The van der Waals surface area contributed by atoms with Gasteiger partial charge in [0.1, 0.15) is 11.2 Å². The largest absolute Gasteiger partial charge is 0.455 e. The molecule has 0 bridgehead atoms. The maximum absolute atomic E-state index is 6.84. The van der Waals surface area contributed by atoms with Crippen LogP contribution in [-0.4, -0.2) is 0 Å². The molecule has 2 nitrogen and oxygen atoms in total. The minimum absolute atomic E-state index is 0.522. The van der Waals surface area contributed by atoms with Crippen molar-refractivity contribution in [3.8, 4) is 22.3 Å². The molecule has 1 unspecified atom stereocenters. The van der Waals surface area contributed by atoms with Crippen LogP contribution in [0.1, 0.15) is 29.2 Å². The van der Waals surface area contributed by atoms with Crippen LogP contribution in [0.5, 0.6) is 0 Å². The fraction of sp³-hybridized carbons (Fsp3) is 0.0345. The molecule has 0 saturated heterocycles. The van der Waals surface area contributed by atoms with Crippen molar-refractivity contribution in [2.24, 2.45) is 0 Å². The second-order valence-electron chi connectivity index (χ2n) is 15.9. The summed E-state index contributed by atoms with van der Waals surface area (Å²) in [5.41, 5.74) is 17.0. The predicted molar refractivity (Wildman–Crippen MR) is 253 cm³/mol. The molecule has 0 amide bonds. The monoisotopic (exact) mass is 765 g/mol. The Balaban J connectivity index is 1.25. The Bertz CT molecular complexity index is 3470. The lowest BCUT2D eigenvalue weighted by Crippen LogP contribution is -2.26. The maximum Gasteiger partial charge on any atom is 0.144 e.